The molecule has 0 N–H and O–H groups in total. The molecule has 3 heterocycles. The Morgan fingerprint density at radius 2 is 1.22 bits per heavy atom. The fourth-order valence-corrected chi connectivity index (χ4v) is 8.05. The summed E-state index contributed by atoms with van der Waals surface area (Å²) in [7, 11) is 0. The van der Waals surface area contributed by atoms with Crippen LogP contribution in [-0.2, 0) is 0 Å². The molecule has 0 radical (unpaired) electrons. The van der Waals surface area contributed by atoms with Crippen LogP contribution in [0.1, 0.15) is 18.2 Å². The van der Waals surface area contributed by atoms with E-state index >= 15 is 0 Å². The van der Waals surface area contributed by atoms with Gasteiger partial charge in [0.25, 0.3) is 0 Å². The summed E-state index contributed by atoms with van der Waals surface area (Å²) in [6.07, 6.45) is 8.12. The first-order valence-electron chi connectivity index (χ1n) is 18.6. The largest absolute Gasteiger partial charge is 0.315 e. The van der Waals surface area contributed by atoms with Crippen LogP contribution in [-0.4, -0.2) is 19.1 Å². The number of aromatic nitrogens is 4. The van der Waals surface area contributed by atoms with Gasteiger partial charge in [-0.25, -0.2) is 9.97 Å². The van der Waals surface area contributed by atoms with Crippen molar-refractivity contribution in [3.63, 3.8) is 0 Å². The first kappa shape index (κ1) is 32.4. The van der Waals surface area contributed by atoms with E-state index in [0.717, 1.165) is 55.9 Å². The van der Waals surface area contributed by atoms with Crippen LogP contribution in [0.3, 0.4) is 0 Å². The Labute approximate surface area is 319 Å². The second-order valence-corrected chi connectivity index (χ2v) is 13.9. The van der Waals surface area contributed by atoms with Gasteiger partial charge < -0.3 is 9.13 Å². The van der Waals surface area contributed by atoms with Crippen LogP contribution in [0, 0.1) is 0 Å². The van der Waals surface area contributed by atoms with Crippen molar-refractivity contribution in [2.45, 2.75) is 6.92 Å². The van der Waals surface area contributed by atoms with Gasteiger partial charge in [0.05, 0.1) is 27.9 Å². The van der Waals surface area contributed by atoms with Crippen LogP contribution < -0.4 is 0 Å². The molecule has 0 atom stereocenters. The van der Waals surface area contributed by atoms with Gasteiger partial charge in [-0.2, -0.15) is 0 Å². The van der Waals surface area contributed by atoms with Gasteiger partial charge in [-0.1, -0.05) is 134 Å². The van der Waals surface area contributed by atoms with Crippen molar-refractivity contribution in [3.05, 3.63) is 194 Å². The Kier molecular flexibility index (Phi) is 7.81. The summed E-state index contributed by atoms with van der Waals surface area (Å²) in [5.74, 6) is 0.661. The standard InChI is InChI=1S/C51H36N4/c1-3-14-46-43(4-2)48(39-26-25-37-31-36(23-24-38(37)32-39)34-15-7-5-8-16-34)53-51(52-46)40-17-13-20-42(33-40)55-47-22-12-11-21-44(47)45-28-27-35-29-30-54(49(35)50(45)55)41-18-9-6-10-19-41/h3-33H,2H2,1H3/b14-3-. The predicted molar refractivity (Wildman–Crippen MR) is 232 cm³/mol. The van der Waals surface area contributed by atoms with Crippen molar-refractivity contribution in [2.75, 3.05) is 0 Å². The molecule has 0 amide bonds. The summed E-state index contributed by atoms with van der Waals surface area (Å²) in [5.41, 5.74) is 12.6. The first-order valence-corrected chi connectivity index (χ1v) is 18.6. The Morgan fingerprint density at radius 3 is 2.02 bits per heavy atom. The molecule has 0 bridgehead atoms. The number of allylic oxidation sites excluding steroid dienone is 1. The van der Waals surface area contributed by atoms with Crippen LogP contribution >= 0.6 is 0 Å². The smallest absolute Gasteiger partial charge is 0.160 e. The average molecular weight is 705 g/mol. The summed E-state index contributed by atoms with van der Waals surface area (Å²) < 4.78 is 4.70. The van der Waals surface area contributed by atoms with Gasteiger partial charge >= 0.3 is 0 Å². The lowest BCUT2D eigenvalue weighted by Crippen LogP contribution is -2.01. The van der Waals surface area contributed by atoms with Gasteiger partial charge in [0.1, 0.15) is 0 Å². The topological polar surface area (TPSA) is 35.6 Å². The maximum Gasteiger partial charge on any atom is 0.160 e. The Balaban J connectivity index is 1.15. The van der Waals surface area contributed by atoms with Gasteiger partial charge in [-0.3, -0.25) is 0 Å². The molecular formula is C51H36N4. The van der Waals surface area contributed by atoms with Crippen molar-refractivity contribution in [3.8, 4) is 45.1 Å². The highest BCUT2D eigenvalue weighted by molar-refractivity contribution is 6.18. The summed E-state index contributed by atoms with van der Waals surface area (Å²) in [4.78, 5) is 10.5. The lowest BCUT2D eigenvalue weighted by atomic mass is 9.97. The van der Waals surface area contributed by atoms with Gasteiger partial charge in [-0.15, -0.1) is 0 Å². The number of rotatable bonds is 7. The minimum absolute atomic E-state index is 0.661. The zero-order chi connectivity index (χ0) is 36.9. The molecule has 3 aromatic heterocycles. The maximum absolute atomic E-state index is 5.31. The second kappa shape index (κ2) is 13.3. The van der Waals surface area contributed by atoms with Gasteiger partial charge in [0, 0.05) is 50.4 Å². The molecule has 0 aliphatic carbocycles. The molecule has 0 saturated carbocycles. The van der Waals surface area contributed by atoms with Crippen LogP contribution in [0.4, 0.5) is 0 Å². The molecule has 0 fully saturated rings. The molecule has 7 aromatic carbocycles. The summed E-state index contributed by atoms with van der Waals surface area (Å²) in [6, 6.07) is 58.3. The monoisotopic (exact) mass is 704 g/mol. The third-order valence-electron chi connectivity index (χ3n) is 10.6. The molecule has 0 aliphatic heterocycles. The van der Waals surface area contributed by atoms with Crippen molar-refractivity contribution >= 4 is 55.6 Å². The molecule has 4 nitrogen and oxygen atoms in total. The van der Waals surface area contributed by atoms with E-state index < -0.39 is 0 Å². The van der Waals surface area contributed by atoms with E-state index in [2.05, 4.69) is 186 Å². The van der Waals surface area contributed by atoms with E-state index in [1.54, 1.807) is 0 Å². The molecule has 0 saturated heterocycles. The van der Waals surface area contributed by atoms with E-state index in [4.69, 9.17) is 9.97 Å². The lowest BCUT2D eigenvalue weighted by Gasteiger charge is -2.15. The number of nitrogens with zero attached hydrogens (tertiary/aromatic N) is 4. The zero-order valence-electron chi connectivity index (χ0n) is 30.4. The van der Waals surface area contributed by atoms with Crippen LogP contribution in [0.2, 0.25) is 0 Å². The Hall–Kier alpha value is -7.30. The number of para-hydroxylation sites is 2. The lowest BCUT2D eigenvalue weighted by molar-refractivity contribution is 1.11. The Bertz CT molecular complexity index is 3110. The molecule has 10 aromatic rings. The third kappa shape index (κ3) is 5.46. The minimum atomic E-state index is 0.661. The average Bonchev–Trinajstić information content (AvgIpc) is 3.83. The van der Waals surface area contributed by atoms with E-state index in [1.165, 1.54) is 38.2 Å². The van der Waals surface area contributed by atoms with Crippen molar-refractivity contribution in [2.24, 2.45) is 0 Å². The summed E-state index contributed by atoms with van der Waals surface area (Å²) >= 11 is 0. The number of benzene rings is 7. The van der Waals surface area contributed by atoms with E-state index in [1.807, 2.05) is 25.2 Å². The normalized spacial score (nSPS) is 11.7. The van der Waals surface area contributed by atoms with E-state index in [0.29, 0.717) is 5.82 Å². The SMILES string of the molecule is C=Cc1c(/C=C\C)nc(-c2cccc(-n3c4ccccc4c4ccc5ccn(-c6ccccc6)c5c43)c2)nc1-c1ccc2cc(-c3ccccc3)ccc2c1. The fourth-order valence-electron chi connectivity index (χ4n) is 8.05. The highest BCUT2D eigenvalue weighted by Crippen LogP contribution is 2.39. The molecule has 55 heavy (non-hydrogen) atoms. The Morgan fingerprint density at radius 1 is 0.527 bits per heavy atom. The van der Waals surface area contributed by atoms with E-state index in [-0.39, 0.29) is 0 Å². The molecule has 0 unspecified atom stereocenters. The molecule has 0 aliphatic rings. The van der Waals surface area contributed by atoms with Crippen molar-refractivity contribution in [1.29, 1.82) is 0 Å². The zero-order valence-corrected chi connectivity index (χ0v) is 30.4. The van der Waals surface area contributed by atoms with Crippen LogP contribution in [0.15, 0.2) is 183 Å². The molecular weight excluding hydrogens is 669 g/mol. The highest BCUT2D eigenvalue weighted by atomic mass is 15.0. The minimum Gasteiger partial charge on any atom is -0.315 e. The predicted octanol–water partition coefficient (Wildman–Crippen LogP) is 13.3. The molecule has 4 heteroatoms. The van der Waals surface area contributed by atoms with Crippen molar-refractivity contribution in [1.82, 2.24) is 19.1 Å². The van der Waals surface area contributed by atoms with Crippen LogP contribution in [0.5, 0.6) is 0 Å². The first-order chi connectivity index (χ1) is 27.2. The highest BCUT2D eigenvalue weighted by Gasteiger charge is 2.20. The van der Waals surface area contributed by atoms with Crippen LogP contribution in [0.25, 0.3) is 101 Å². The van der Waals surface area contributed by atoms with Gasteiger partial charge in [0.2, 0.25) is 0 Å². The van der Waals surface area contributed by atoms with Crippen molar-refractivity contribution < 1.29 is 0 Å². The second-order valence-electron chi connectivity index (χ2n) is 13.9. The quantitative estimate of drug-likeness (QED) is 0.166. The molecule has 10 rings (SSSR count). The summed E-state index contributed by atoms with van der Waals surface area (Å²) in [6.45, 7) is 6.22. The fraction of sp³-hybridized carbons (Fsp3) is 0.0196. The van der Waals surface area contributed by atoms with Gasteiger partial charge in [-0.05, 0) is 83.4 Å². The number of hydrogen-bond acceptors (Lipinski definition) is 2. The molecule has 260 valence electrons. The van der Waals surface area contributed by atoms with E-state index in [9.17, 15) is 0 Å². The number of fused-ring (bicyclic) bond motifs is 6. The third-order valence-corrected chi connectivity index (χ3v) is 10.6. The van der Waals surface area contributed by atoms with Gasteiger partial charge in [0.15, 0.2) is 5.82 Å². The summed E-state index contributed by atoms with van der Waals surface area (Å²) in [5, 5.41) is 5.94. The number of hydrogen-bond donors (Lipinski definition) is 0. The maximum atomic E-state index is 5.31. The molecule has 0 spiro atoms.